The Morgan fingerprint density at radius 2 is 0.839 bits per heavy atom. The van der Waals surface area contributed by atoms with Gasteiger partial charge in [-0.05, 0) is 229 Å². The lowest BCUT2D eigenvalue weighted by Crippen LogP contribution is -2.43. The second kappa shape index (κ2) is 58.5. The topological polar surface area (TPSA) is 328 Å². The number of hydrogen-bond acceptors (Lipinski definition) is 27. The van der Waals surface area contributed by atoms with Crippen LogP contribution >= 0.6 is 11.6 Å². The average Bonchev–Trinajstić information content (AvgIpc) is 0.834. The summed E-state index contributed by atoms with van der Waals surface area (Å²) >= 11 is 5.51. The first-order valence-electron chi connectivity index (χ1n) is 40.0. The van der Waals surface area contributed by atoms with Gasteiger partial charge in [0.25, 0.3) is 0 Å². The minimum Gasteiger partial charge on any atom is -0.465 e. The fraction of sp³-hybridized carbons (Fsp3) is 0.881. The van der Waals surface area contributed by atoms with E-state index in [1.165, 1.54) is 14.0 Å². The third-order valence-corrected chi connectivity index (χ3v) is 20.0. The molecule has 3 rings (SSSR count). The van der Waals surface area contributed by atoms with Gasteiger partial charge in [-0.2, -0.15) is 0 Å². The van der Waals surface area contributed by atoms with E-state index in [0.717, 1.165) is 77.0 Å². The third kappa shape index (κ3) is 52.3. The molecule has 3 heterocycles. The Labute approximate surface area is 680 Å². The van der Waals surface area contributed by atoms with Crippen LogP contribution in [0.5, 0.6) is 0 Å². The molecule has 112 heavy (non-hydrogen) atoms. The predicted octanol–water partition coefficient (Wildman–Crippen LogP) is 17.4. The minimum atomic E-state index is -0.696. The largest absolute Gasteiger partial charge is 0.465 e. The lowest BCUT2D eigenvalue weighted by Gasteiger charge is -2.35. The lowest BCUT2D eigenvalue weighted by atomic mass is 9.89. The number of alkyl halides is 1. The Hall–Kier alpha value is -5.29. The van der Waals surface area contributed by atoms with E-state index in [2.05, 4.69) is 9.47 Å². The number of cyclic esters (lactones) is 1. The summed E-state index contributed by atoms with van der Waals surface area (Å²) in [7, 11) is 4.69. The van der Waals surface area contributed by atoms with Gasteiger partial charge in [-0.1, -0.05) is 55.4 Å². The Morgan fingerprint density at radius 3 is 1.21 bits per heavy atom. The van der Waals surface area contributed by atoms with Gasteiger partial charge in [0, 0.05) is 54.1 Å². The number of esters is 10. The summed E-state index contributed by atoms with van der Waals surface area (Å²) < 4.78 is 86.6. The van der Waals surface area contributed by atoms with E-state index in [4.69, 9.17) is 82.7 Å². The van der Waals surface area contributed by atoms with E-state index < -0.39 is 51.5 Å². The highest BCUT2D eigenvalue weighted by molar-refractivity contribution is 6.18. The number of methoxy groups -OCH3 is 3. The maximum atomic E-state index is 11.9. The maximum absolute atomic E-state index is 11.9. The van der Waals surface area contributed by atoms with Gasteiger partial charge < -0.3 is 80.5 Å². The SMILES string of the molecule is CCC(C)(C)C(=O)OC(C)CCl.CCC(C)(C)C(=O)OC(C)COC.CCC(C)(C)C(=O)OC(C)OCCOC(C)=O.CCC(C)(C)C(=O)OC1(C)CCOC(=O)C1.CCC(C)(C)C(=O)OC1CCCC(OC)O1.CCC(C)(C)C(=O)OC1CCCCO1.CCC(C)(C)C(=O)OCOC.CCOC(C)OC(=O)C(C)(C)CC. The fourth-order valence-electron chi connectivity index (χ4n) is 7.42. The molecule has 0 aromatic rings. The van der Waals surface area contributed by atoms with Crippen LogP contribution in [-0.2, 0) is 128 Å². The van der Waals surface area contributed by atoms with Gasteiger partial charge in [0.1, 0.15) is 24.4 Å². The predicted molar refractivity (Wildman–Crippen MR) is 430 cm³/mol. The van der Waals surface area contributed by atoms with Crippen LogP contribution in [0.2, 0.25) is 0 Å². The molecule has 0 aromatic carbocycles. The van der Waals surface area contributed by atoms with Crippen LogP contribution in [0.15, 0.2) is 0 Å². The normalized spacial score (nSPS) is 18.2. The first-order chi connectivity index (χ1) is 51.5. The van der Waals surface area contributed by atoms with Crippen molar-refractivity contribution in [1.29, 1.82) is 0 Å². The smallest absolute Gasteiger partial charge is 0.313 e. The summed E-state index contributed by atoms with van der Waals surface area (Å²) in [6.45, 7) is 60.0. The van der Waals surface area contributed by atoms with Crippen molar-refractivity contribution in [3.05, 3.63) is 0 Å². The van der Waals surface area contributed by atoms with Crippen LogP contribution in [0.25, 0.3) is 0 Å². The third-order valence-electron chi connectivity index (χ3n) is 19.5. The summed E-state index contributed by atoms with van der Waals surface area (Å²) in [6, 6.07) is 0. The number of halogens is 1. The summed E-state index contributed by atoms with van der Waals surface area (Å²) in [6.07, 6.45) is 9.95. The molecule has 27 nitrogen and oxygen atoms in total. The molecule has 0 spiro atoms. The molecule has 0 saturated carbocycles. The van der Waals surface area contributed by atoms with E-state index in [1.54, 1.807) is 41.9 Å². The quantitative estimate of drug-likeness (QED) is 0.0187. The molecule has 3 aliphatic rings. The minimum absolute atomic E-state index is 0.0439. The molecule has 3 saturated heterocycles. The average molecular weight is 1630 g/mol. The zero-order valence-electron chi connectivity index (χ0n) is 75.9. The first-order valence-corrected chi connectivity index (χ1v) is 40.6. The fourth-order valence-corrected chi connectivity index (χ4v) is 7.49. The van der Waals surface area contributed by atoms with Crippen LogP contribution in [0, 0.1) is 43.3 Å². The number of hydrogen-bond donors (Lipinski definition) is 0. The van der Waals surface area contributed by atoms with Gasteiger partial charge in [0.05, 0.1) is 82.0 Å². The molecule has 8 atom stereocenters. The van der Waals surface area contributed by atoms with Gasteiger partial charge in [-0.15, -0.1) is 11.6 Å². The van der Waals surface area contributed by atoms with Crippen molar-refractivity contribution in [2.75, 3.05) is 73.6 Å². The number of carbonyl (C=O) groups is 10. The molecule has 0 aromatic heterocycles. The van der Waals surface area contributed by atoms with Gasteiger partial charge >= 0.3 is 59.7 Å². The van der Waals surface area contributed by atoms with Crippen LogP contribution < -0.4 is 0 Å². The Kier molecular flexibility index (Phi) is 60.2. The van der Waals surface area contributed by atoms with E-state index in [0.29, 0.717) is 51.6 Å². The Morgan fingerprint density at radius 1 is 0.455 bits per heavy atom. The van der Waals surface area contributed by atoms with Crippen molar-refractivity contribution in [3.8, 4) is 0 Å². The highest BCUT2D eigenvalue weighted by atomic mass is 35.5. The molecule has 3 fully saturated rings. The van der Waals surface area contributed by atoms with E-state index in [1.807, 2.05) is 180 Å². The summed E-state index contributed by atoms with van der Waals surface area (Å²) in [4.78, 5) is 114. The van der Waals surface area contributed by atoms with Gasteiger partial charge in [0.15, 0.2) is 25.7 Å². The standard InChI is InChI=1S/C12H22O5.C12H20O4.C12H22O4.C11H20O3.2C10H20O3.C9H17ClO2.C8H16O3/c1-6-12(4,5)11(14)17-10(3)16-8-7-15-9(2)13;1-5-11(2,3)10(14)16-12(4)6-7-15-9(13)8-12;1-5-12(2,3)11(13)16-10-8-6-7-9(14-4)15-10;1-4-11(2,3)10(12)14-9-7-5-6-8-13-9;1-6-10(3,4)9(11)13-8(2)7-12-5;1-6-10(4,5)9(11)13-8(3)12-7-2;1-5-9(3,4)8(11)12-7(2)6-10;1-5-8(2,3)7(9)11-6-10-4/h10H,6-8H2,1-5H3;5-8H2,1-4H3;9-10H,5-8H2,1-4H3;9H,4-8H2,1-3H3;2*8H,6-7H2,1-5H3;7H,5-6H2,1-4H3;5-6H2,1-4H3. The molecular weight excluding hydrogens is 1480 g/mol. The highest BCUT2D eigenvalue weighted by Gasteiger charge is 2.41. The van der Waals surface area contributed by atoms with Gasteiger partial charge in [0.2, 0.25) is 12.6 Å². The molecule has 662 valence electrons. The lowest BCUT2D eigenvalue weighted by molar-refractivity contribution is -0.257. The molecule has 0 radical (unpaired) electrons. The van der Waals surface area contributed by atoms with Crippen LogP contribution in [0.4, 0.5) is 0 Å². The monoisotopic (exact) mass is 1630 g/mol. The van der Waals surface area contributed by atoms with Gasteiger partial charge in [-0.3, -0.25) is 47.9 Å². The molecule has 8 unspecified atom stereocenters. The highest BCUT2D eigenvalue weighted by Crippen LogP contribution is 2.33. The summed E-state index contributed by atoms with van der Waals surface area (Å²) in [5.41, 5.74) is -4.10. The molecule has 28 heteroatoms. The molecule has 0 N–H and O–H groups in total. The van der Waals surface area contributed by atoms with E-state index in [9.17, 15) is 47.9 Å². The van der Waals surface area contributed by atoms with Crippen molar-refractivity contribution in [2.24, 2.45) is 43.3 Å². The first kappa shape index (κ1) is 115. The van der Waals surface area contributed by atoms with E-state index in [-0.39, 0.29) is 127 Å². The van der Waals surface area contributed by atoms with Crippen molar-refractivity contribution in [1.82, 2.24) is 0 Å². The second-order valence-corrected chi connectivity index (χ2v) is 33.5. The number of carbonyl (C=O) groups excluding carboxylic acids is 10. The number of rotatable bonds is 35. The zero-order valence-corrected chi connectivity index (χ0v) is 76.7. The zero-order chi connectivity index (χ0) is 88.3. The molecule has 3 aliphatic heterocycles. The summed E-state index contributed by atoms with van der Waals surface area (Å²) in [5, 5.41) is 0. The van der Waals surface area contributed by atoms with Crippen LogP contribution in [0.1, 0.15) is 317 Å². The van der Waals surface area contributed by atoms with Crippen LogP contribution in [-0.4, -0.2) is 183 Å². The molecule has 0 amide bonds. The number of ether oxygens (including phenoxy) is 17. The van der Waals surface area contributed by atoms with Crippen molar-refractivity contribution < 1.29 is 128 Å². The van der Waals surface area contributed by atoms with Crippen LogP contribution in [0.3, 0.4) is 0 Å². The Bertz CT molecular complexity index is 2610. The second-order valence-electron chi connectivity index (χ2n) is 33.1. The molecular formula is C84H157ClO27. The van der Waals surface area contributed by atoms with Crippen molar-refractivity contribution in [2.45, 2.75) is 367 Å². The van der Waals surface area contributed by atoms with Crippen molar-refractivity contribution >= 4 is 71.3 Å². The molecule has 0 aliphatic carbocycles. The van der Waals surface area contributed by atoms with E-state index >= 15 is 0 Å². The van der Waals surface area contributed by atoms with Crippen molar-refractivity contribution in [3.63, 3.8) is 0 Å². The van der Waals surface area contributed by atoms with Gasteiger partial charge in [-0.25, -0.2) is 0 Å². The maximum Gasteiger partial charge on any atom is 0.313 e. The summed E-state index contributed by atoms with van der Waals surface area (Å²) in [5.74, 6) is -1.90. The Balaban J connectivity index is -0.000000391. The molecule has 0 bridgehead atoms.